The van der Waals surface area contributed by atoms with Crippen LogP contribution in [0.4, 0.5) is 11.4 Å². The Bertz CT molecular complexity index is 500. The lowest BCUT2D eigenvalue weighted by molar-refractivity contribution is -0.143. The molecule has 0 bridgehead atoms. The third-order valence-corrected chi connectivity index (χ3v) is 2.72. The number of esters is 1. The zero-order chi connectivity index (χ0) is 15.3. The number of ether oxygens (including phenoxy) is 1. The monoisotopic (exact) mass is 279 g/mol. The molecule has 1 atom stereocenters. The van der Waals surface area contributed by atoms with E-state index in [4.69, 9.17) is 10.5 Å². The summed E-state index contributed by atoms with van der Waals surface area (Å²) in [4.78, 5) is 24.8. The predicted octanol–water partition coefficient (Wildman–Crippen LogP) is 1.33. The van der Waals surface area contributed by atoms with Crippen molar-refractivity contribution in [3.63, 3.8) is 0 Å². The summed E-state index contributed by atoms with van der Waals surface area (Å²) < 4.78 is 4.91. The molecule has 0 radical (unpaired) electrons. The second kappa shape index (κ2) is 6.79. The van der Waals surface area contributed by atoms with Crippen LogP contribution >= 0.6 is 0 Å². The molecule has 0 aliphatic carbocycles. The van der Waals surface area contributed by atoms with Gasteiger partial charge >= 0.3 is 5.97 Å². The molecule has 1 amide bonds. The van der Waals surface area contributed by atoms with Crippen LogP contribution in [0.2, 0.25) is 0 Å². The van der Waals surface area contributed by atoms with E-state index in [9.17, 15) is 9.59 Å². The number of amides is 1. The van der Waals surface area contributed by atoms with Crippen LogP contribution in [-0.4, -0.2) is 43.5 Å². The summed E-state index contributed by atoms with van der Waals surface area (Å²) in [6, 6.07) is 4.43. The smallest absolute Gasteiger partial charge is 0.328 e. The summed E-state index contributed by atoms with van der Waals surface area (Å²) in [5.74, 6) is -0.470. The average Bonchev–Trinajstić information content (AvgIpc) is 2.40. The van der Waals surface area contributed by atoms with Crippen molar-refractivity contribution < 1.29 is 14.3 Å². The SMILES string of the molecule is CCOC(=O)C(C)Nc1ccc(C(=O)N(C)C)cc1N. The molecule has 1 aromatic rings. The minimum absolute atomic E-state index is 0.123. The fourth-order valence-corrected chi connectivity index (χ4v) is 1.64. The zero-order valence-electron chi connectivity index (χ0n) is 12.3. The van der Waals surface area contributed by atoms with Crippen molar-refractivity contribution >= 4 is 23.3 Å². The predicted molar refractivity (Wildman–Crippen MR) is 78.6 cm³/mol. The van der Waals surface area contributed by atoms with Crippen LogP contribution in [0.25, 0.3) is 0 Å². The van der Waals surface area contributed by atoms with E-state index >= 15 is 0 Å². The van der Waals surface area contributed by atoms with Gasteiger partial charge in [-0.3, -0.25) is 4.79 Å². The highest BCUT2D eigenvalue weighted by Crippen LogP contribution is 2.21. The van der Waals surface area contributed by atoms with Crippen LogP contribution in [0.15, 0.2) is 18.2 Å². The van der Waals surface area contributed by atoms with Gasteiger partial charge in [-0.1, -0.05) is 0 Å². The lowest BCUT2D eigenvalue weighted by Gasteiger charge is -2.17. The van der Waals surface area contributed by atoms with Crippen molar-refractivity contribution in [1.82, 2.24) is 4.90 Å². The largest absolute Gasteiger partial charge is 0.464 e. The molecule has 0 aliphatic heterocycles. The second-order valence-corrected chi connectivity index (χ2v) is 4.62. The van der Waals surface area contributed by atoms with Gasteiger partial charge in [0.2, 0.25) is 0 Å². The lowest BCUT2D eigenvalue weighted by Crippen LogP contribution is -2.28. The third kappa shape index (κ3) is 3.88. The number of anilines is 2. The Hall–Kier alpha value is -2.24. The maximum Gasteiger partial charge on any atom is 0.328 e. The highest BCUT2D eigenvalue weighted by molar-refractivity contribution is 5.96. The van der Waals surface area contributed by atoms with Crippen molar-refractivity contribution in [2.75, 3.05) is 31.8 Å². The van der Waals surface area contributed by atoms with Crippen LogP contribution in [0, 0.1) is 0 Å². The molecule has 1 aromatic carbocycles. The van der Waals surface area contributed by atoms with Gasteiger partial charge in [-0.25, -0.2) is 4.79 Å². The van der Waals surface area contributed by atoms with Gasteiger partial charge in [-0.05, 0) is 32.0 Å². The summed E-state index contributed by atoms with van der Waals surface area (Å²) in [7, 11) is 3.35. The number of nitrogens with one attached hydrogen (secondary N) is 1. The van der Waals surface area contributed by atoms with E-state index < -0.39 is 6.04 Å². The van der Waals surface area contributed by atoms with Crippen molar-refractivity contribution in [3.8, 4) is 0 Å². The van der Waals surface area contributed by atoms with E-state index in [1.54, 1.807) is 46.1 Å². The standard InChI is InChI=1S/C14H21N3O3/c1-5-20-14(19)9(2)16-12-7-6-10(8-11(12)15)13(18)17(3)4/h6-9,16H,5,15H2,1-4H3. The number of hydrogen-bond donors (Lipinski definition) is 2. The molecule has 0 heterocycles. The summed E-state index contributed by atoms with van der Waals surface area (Å²) in [5, 5.41) is 2.97. The Morgan fingerprint density at radius 2 is 2.05 bits per heavy atom. The fourth-order valence-electron chi connectivity index (χ4n) is 1.64. The third-order valence-electron chi connectivity index (χ3n) is 2.72. The fraction of sp³-hybridized carbons (Fsp3) is 0.429. The van der Waals surface area contributed by atoms with Crippen LogP contribution in [0.1, 0.15) is 24.2 Å². The number of nitrogens with two attached hydrogens (primary N) is 1. The molecular formula is C14H21N3O3. The minimum atomic E-state index is -0.507. The van der Waals surface area contributed by atoms with Gasteiger partial charge in [-0.2, -0.15) is 0 Å². The molecule has 0 aromatic heterocycles. The quantitative estimate of drug-likeness (QED) is 0.627. The summed E-state index contributed by atoms with van der Waals surface area (Å²) in [5.41, 5.74) is 7.41. The average molecular weight is 279 g/mol. The van der Waals surface area contributed by atoms with Crippen molar-refractivity contribution in [1.29, 1.82) is 0 Å². The van der Waals surface area contributed by atoms with Gasteiger partial charge in [0.05, 0.1) is 18.0 Å². The highest BCUT2D eigenvalue weighted by Gasteiger charge is 2.16. The minimum Gasteiger partial charge on any atom is -0.464 e. The molecule has 0 saturated heterocycles. The molecule has 6 nitrogen and oxygen atoms in total. The maximum absolute atomic E-state index is 11.8. The number of carbonyl (C=O) groups excluding carboxylic acids is 2. The summed E-state index contributed by atoms with van der Waals surface area (Å²) in [6.07, 6.45) is 0. The molecule has 3 N–H and O–H groups in total. The molecule has 1 unspecified atom stereocenters. The number of carbonyl (C=O) groups is 2. The number of rotatable bonds is 5. The van der Waals surface area contributed by atoms with E-state index in [0.29, 0.717) is 23.5 Å². The Morgan fingerprint density at radius 1 is 1.40 bits per heavy atom. The molecule has 20 heavy (non-hydrogen) atoms. The molecule has 0 aliphatic rings. The van der Waals surface area contributed by atoms with Gasteiger partial charge in [0.15, 0.2) is 0 Å². The number of benzene rings is 1. The number of nitrogen functional groups attached to an aromatic ring is 1. The van der Waals surface area contributed by atoms with Gasteiger partial charge in [0, 0.05) is 19.7 Å². The van der Waals surface area contributed by atoms with E-state index in [2.05, 4.69) is 5.32 Å². The molecule has 6 heteroatoms. The molecule has 110 valence electrons. The van der Waals surface area contributed by atoms with E-state index in [0.717, 1.165) is 0 Å². The molecule has 1 rings (SSSR count). The molecule has 0 fully saturated rings. The Labute approximate surface area is 118 Å². The first-order chi connectivity index (χ1) is 9.36. The van der Waals surface area contributed by atoms with Crippen LogP contribution in [0.3, 0.4) is 0 Å². The summed E-state index contributed by atoms with van der Waals surface area (Å²) in [6.45, 7) is 3.77. The Kier molecular flexibility index (Phi) is 5.37. The normalized spacial score (nSPS) is 11.6. The van der Waals surface area contributed by atoms with Gasteiger partial charge in [0.25, 0.3) is 5.91 Å². The molecule has 0 spiro atoms. The molecular weight excluding hydrogens is 258 g/mol. The molecule has 0 saturated carbocycles. The number of nitrogens with zero attached hydrogens (tertiary/aromatic N) is 1. The first-order valence-electron chi connectivity index (χ1n) is 6.41. The Balaban J connectivity index is 2.83. The van der Waals surface area contributed by atoms with E-state index in [1.165, 1.54) is 4.90 Å². The zero-order valence-corrected chi connectivity index (χ0v) is 12.3. The van der Waals surface area contributed by atoms with Crippen molar-refractivity contribution in [2.24, 2.45) is 0 Å². The first-order valence-corrected chi connectivity index (χ1v) is 6.41. The van der Waals surface area contributed by atoms with Crippen molar-refractivity contribution in [3.05, 3.63) is 23.8 Å². The van der Waals surface area contributed by atoms with Crippen molar-refractivity contribution in [2.45, 2.75) is 19.9 Å². The van der Waals surface area contributed by atoms with E-state index in [-0.39, 0.29) is 11.9 Å². The van der Waals surface area contributed by atoms with Gasteiger partial charge in [0.1, 0.15) is 6.04 Å². The lowest BCUT2D eigenvalue weighted by atomic mass is 10.1. The van der Waals surface area contributed by atoms with Gasteiger partial charge < -0.3 is 20.7 Å². The highest BCUT2D eigenvalue weighted by atomic mass is 16.5. The van der Waals surface area contributed by atoms with Gasteiger partial charge in [-0.15, -0.1) is 0 Å². The van der Waals surface area contributed by atoms with Crippen LogP contribution in [0.5, 0.6) is 0 Å². The first kappa shape index (κ1) is 15.8. The second-order valence-electron chi connectivity index (χ2n) is 4.62. The maximum atomic E-state index is 11.8. The van der Waals surface area contributed by atoms with E-state index in [1.807, 2.05) is 0 Å². The van der Waals surface area contributed by atoms with Crippen LogP contribution in [-0.2, 0) is 9.53 Å². The Morgan fingerprint density at radius 3 is 2.55 bits per heavy atom. The van der Waals surface area contributed by atoms with Crippen LogP contribution < -0.4 is 11.1 Å². The topological polar surface area (TPSA) is 84.7 Å². The number of hydrogen-bond acceptors (Lipinski definition) is 5. The summed E-state index contributed by atoms with van der Waals surface area (Å²) >= 11 is 0.